The Bertz CT molecular complexity index is 1240. The van der Waals surface area contributed by atoms with Gasteiger partial charge in [0.1, 0.15) is 0 Å². The molecule has 1 heterocycles. The monoisotopic (exact) mass is 424 g/mol. The molecule has 1 aliphatic rings. The summed E-state index contributed by atoms with van der Waals surface area (Å²) < 4.78 is 28.6. The van der Waals surface area contributed by atoms with E-state index in [0.717, 1.165) is 53.3 Å². The molecule has 0 bridgehead atoms. The molecule has 0 radical (unpaired) electrons. The number of nitrogens with one attached hydrogen (secondary N) is 1. The van der Waals surface area contributed by atoms with Gasteiger partial charge in [0.05, 0.1) is 4.90 Å². The lowest BCUT2D eigenvalue weighted by Crippen LogP contribution is -2.39. The van der Waals surface area contributed by atoms with Crippen LogP contribution in [0.15, 0.2) is 52.2 Å². The highest BCUT2D eigenvalue weighted by Crippen LogP contribution is 2.30. The Morgan fingerprint density at radius 1 is 0.967 bits per heavy atom. The third kappa shape index (κ3) is 3.94. The average molecular weight is 425 g/mol. The Kier molecular flexibility index (Phi) is 5.55. The molecule has 1 aromatic heterocycles. The van der Waals surface area contributed by atoms with Crippen molar-refractivity contribution in [2.45, 2.75) is 63.9 Å². The SMILES string of the molecule is Cc1ccc(S(=O)(=O)N(Cc2cc3cc(C)c(C)cc3[nH]c2=O)C2CCCC2)cc1. The van der Waals surface area contributed by atoms with Crippen molar-refractivity contribution < 1.29 is 8.42 Å². The lowest BCUT2D eigenvalue weighted by molar-refractivity contribution is 0.315. The molecule has 1 aliphatic carbocycles. The Morgan fingerprint density at radius 3 is 2.27 bits per heavy atom. The van der Waals surface area contributed by atoms with Gasteiger partial charge in [0.2, 0.25) is 10.0 Å². The summed E-state index contributed by atoms with van der Waals surface area (Å²) in [5.74, 6) is 0. The number of aromatic amines is 1. The molecule has 30 heavy (non-hydrogen) atoms. The van der Waals surface area contributed by atoms with Gasteiger partial charge in [-0.1, -0.05) is 30.5 Å². The second-order valence-corrected chi connectivity index (χ2v) is 10.3. The van der Waals surface area contributed by atoms with E-state index in [1.807, 2.05) is 51.1 Å². The van der Waals surface area contributed by atoms with Gasteiger partial charge in [-0.25, -0.2) is 8.42 Å². The number of aryl methyl sites for hydroxylation is 3. The summed E-state index contributed by atoms with van der Waals surface area (Å²) in [4.78, 5) is 16.0. The molecule has 1 fully saturated rings. The number of hydrogen-bond acceptors (Lipinski definition) is 3. The van der Waals surface area contributed by atoms with Gasteiger partial charge >= 0.3 is 0 Å². The van der Waals surface area contributed by atoms with Crippen LogP contribution in [0.5, 0.6) is 0 Å². The first-order valence-electron chi connectivity index (χ1n) is 10.5. The highest BCUT2D eigenvalue weighted by atomic mass is 32.2. The lowest BCUT2D eigenvalue weighted by atomic mass is 10.0. The van der Waals surface area contributed by atoms with Crippen LogP contribution in [-0.4, -0.2) is 23.7 Å². The van der Waals surface area contributed by atoms with Crippen LogP contribution in [0.2, 0.25) is 0 Å². The quantitative estimate of drug-likeness (QED) is 0.651. The van der Waals surface area contributed by atoms with E-state index in [-0.39, 0.29) is 23.0 Å². The van der Waals surface area contributed by atoms with Crippen LogP contribution < -0.4 is 5.56 Å². The van der Waals surface area contributed by atoms with Crippen molar-refractivity contribution >= 4 is 20.9 Å². The lowest BCUT2D eigenvalue weighted by Gasteiger charge is -2.28. The summed E-state index contributed by atoms with van der Waals surface area (Å²) in [6.45, 7) is 6.06. The molecule has 3 aromatic rings. The van der Waals surface area contributed by atoms with Crippen molar-refractivity contribution in [3.05, 3.63) is 75.1 Å². The second-order valence-electron chi connectivity index (χ2n) is 8.45. The van der Waals surface area contributed by atoms with Crippen LogP contribution >= 0.6 is 0 Å². The minimum absolute atomic E-state index is 0.0776. The molecule has 2 aromatic carbocycles. The summed E-state index contributed by atoms with van der Waals surface area (Å²) in [6.07, 6.45) is 3.68. The molecule has 0 spiro atoms. The maximum atomic E-state index is 13.5. The van der Waals surface area contributed by atoms with Crippen molar-refractivity contribution in [1.29, 1.82) is 0 Å². The van der Waals surface area contributed by atoms with Gasteiger partial charge in [0.15, 0.2) is 0 Å². The summed E-state index contributed by atoms with van der Waals surface area (Å²) in [5.41, 5.74) is 4.29. The molecule has 4 rings (SSSR count). The number of pyridine rings is 1. The van der Waals surface area contributed by atoms with Gasteiger partial charge in [0, 0.05) is 23.7 Å². The molecule has 0 aliphatic heterocycles. The summed E-state index contributed by atoms with van der Waals surface area (Å²) in [7, 11) is -3.70. The molecule has 0 atom stereocenters. The van der Waals surface area contributed by atoms with E-state index in [1.54, 1.807) is 16.4 Å². The number of H-pyrrole nitrogens is 1. The largest absolute Gasteiger partial charge is 0.322 e. The van der Waals surface area contributed by atoms with Gasteiger partial charge in [-0.05, 0) is 80.5 Å². The Hall–Kier alpha value is -2.44. The van der Waals surface area contributed by atoms with Crippen molar-refractivity contribution in [1.82, 2.24) is 9.29 Å². The summed E-state index contributed by atoms with van der Waals surface area (Å²) in [6, 6.07) is 12.7. The van der Waals surface area contributed by atoms with Gasteiger partial charge in [-0.2, -0.15) is 4.31 Å². The van der Waals surface area contributed by atoms with E-state index < -0.39 is 10.0 Å². The Labute approximate surface area is 177 Å². The number of aromatic nitrogens is 1. The molecular weight excluding hydrogens is 396 g/mol. The molecule has 158 valence electrons. The van der Waals surface area contributed by atoms with E-state index in [4.69, 9.17) is 0 Å². The average Bonchev–Trinajstić information content (AvgIpc) is 3.22. The first kappa shape index (κ1) is 20.8. The van der Waals surface area contributed by atoms with E-state index >= 15 is 0 Å². The van der Waals surface area contributed by atoms with Gasteiger partial charge in [0.25, 0.3) is 5.56 Å². The zero-order valence-electron chi connectivity index (χ0n) is 17.7. The van der Waals surface area contributed by atoms with E-state index in [2.05, 4.69) is 4.98 Å². The molecule has 6 heteroatoms. The smallest absolute Gasteiger partial charge is 0.252 e. The zero-order valence-corrected chi connectivity index (χ0v) is 18.6. The third-order valence-corrected chi connectivity index (χ3v) is 8.13. The second kappa shape index (κ2) is 8.00. The molecule has 0 unspecified atom stereocenters. The maximum absolute atomic E-state index is 13.5. The van der Waals surface area contributed by atoms with Crippen LogP contribution in [-0.2, 0) is 16.6 Å². The van der Waals surface area contributed by atoms with Crippen LogP contribution in [0.3, 0.4) is 0 Å². The molecule has 0 saturated heterocycles. The number of sulfonamides is 1. The highest BCUT2D eigenvalue weighted by Gasteiger charge is 2.34. The van der Waals surface area contributed by atoms with Crippen LogP contribution in [0.1, 0.15) is 47.9 Å². The Morgan fingerprint density at radius 2 is 1.60 bits per heavy atom. The number of fused-ring (bicyclic) bond motifs is 1. The molecule has 1 saturated carbocycles. The van der Waals surface area contributed by atoms with Crippen molar-refractivity contribution in [2.75, 3.05) is 0 Å². The number of benzene rings is 2. The van der Waals surface area contributed by atoms with Crippen LogP contribution in [0, 0.1) is 20.8 Å². The first-order chi connectivity index (χ1) is 14.3. The van der Waals surface area contributed by atoms with Crippen LogP contribution in [0.4, 0.5) is 0 Å². The normalized spacial score (nSPS) is 15.3. The predicted octanol–water partition coefficient (Wildman–Crippen LogP) is 4.59. The molecule has 1 N–H and O–H groups in total. The van der Waals surface area contributed by atoms with Gasteiger partial charge < -0.3 is 4.98 Å². The van der Waals surface area contributed by atoms with Crippen LogP contribution in [0.25, 0.3) is 10.9 Å². The fourth-order valence-electron chi connectivity index (χ4n) is 4.26. The fraction of sp³-hybridized carbons (Fsp3) is 0.375. The number of hydrogen-bond donors (Lipinski definition) is 1. The Balaban J connectivity index is 1.77. The van der Waals surface area contributed by atoms with Gasteiger partial charge in [-0.15, -0.1) is 0 Å². The molecular formula is C24H28N2O3S. The number of nitrogens with zero attached hydrogens (tertiary/aromatic N) is 1. The first-order valence-corrected chi connectivity index (χ1v) is 11.9. The predicted molar refractivity (Wildman–Crippen MR) is 120 cm³/mol. The summed E-state index contributed by atoms with van der Waals surface area (Å²) >= 11 is 0. The summed E-state index contributed by atoms with van der Waals surface area (Å²) in [5, 5.41) is 0.923. The minimum atomic E-state index is -3.70. The standard InChI is InChI=1S/C24H28N2O3S/c1-16-8-10-22(11-9-16)30(28,29)26(21-6-4-5-7-21)15-20-14-19-12-17(2)18(3)13-23(19)25-24(20)27/h8-14,21H,4-7,15H2,1-3H3,(H,25,27). The highest BCUT2D eigenvalue weighted by molar-refractivity contribution is 7.89. The minimum Gasteiger partial charge on any atom is -0.322 e. The molecule has 0 amide bonds. The van der Waals surface area contributed by atoms with Crippen molar-refractivity contribution in [3.8, 4) is 0 Å². The van der Waals surface area contributed by atoms with E-state index in [0.29, 0.717) is 5.56 Å². The molecule has 5 nitrogen and oxygen atoms in total. The fourth-order valence-corrected chi connectivity index (χ4v) is 5.92. The van der Waals surface area contributed by atoms with E-state index in [1.165, 1.54) is 0 Å². The maximum Gasteiger partial charge on any atom is 0.252 e. The number of rotatable bonds is 5. The third-order valence-electron chi connectivity index (χ3n) is 6.22. The topological polar surface area (TPSA) is 70.2 Å². The van der Waals surface area contributed by atoms with E-state index in [9.17, 15) is 13.2 Å². The zero-order chi connectivity index (χ0) is 21.5. The van der Waals surface area contributed by atoms with Crippen molar-refractivity contribution in [3.63, 3.8) is 0 Å². The van der Waals surface area contributed by atoms with Gasteiger partial charge in [-0.3, -0.25) is 4.79 Å². The van der Waals surface area contributed by atoms with Crippen molar-refractivity contribution in [2.24, 2.45) is 0 Å².